The molecule has 0 saturated heterocycles. The van der Waals surface area contributed by atoms with E-state index < -0.39 is 60.8 Å². The summed E-state index contributed by atoms with van der Waals surface area (Å²) in [6.45, 7) is 0. The smallest absolute Gasteiger partial charge is 0.296 e. The van der Waals surface area contributed by atoms with Crippen molar-refractivity contribution in [2.75, 3.05) is 6.26 Å². The molecule has 5 nitrogen and oxygen atoms in total. The zero-order valence-corrected chi connectivity index (χ0v) is 17.4. The molecular weight excluding hydrogens is 496 g/mol. The molecule has 1 aromatic heterocycles. The minimum atomic E-state index is -3.54. The summed E-state index contributed by atoms with van der Waals surface area (Å²) < 4.78 is 86.8. The molecule has 3 aromatic rings. The van der Waals surface area contributed by atoms with Crippen LogP contribution in [0.5, 0.6) is 11.5 Å². The molecule has 3 rings (SSSR count). The van der Waals surface area contributed by atoms with Gasteiger partial charge < -0.3 is 9.15 Å². The van der Waals surface area contributed by atoms with Crippen molar-refractivity contribution in [2.45, 2.75) is 11.3 Å². The van der Waals surface area contributed by atoms with E-state index >= 15 is 0 Å². The highest BCUT2D eigenvalue weighted by molar-refractivity contribution is 9.10. The van der Waals surface area contributed by atoms with Crippen LogP contribution in [0.25, 0.3) is 11.3 Å². The van der Waals surface area contributed by atoms with Crippen LogP contribution in [0.15, 0.2) is 61.0 Å². The SMILES string of the molecule is CS(=O)(=O)c1ccc(-c2oc(C(F)F)c(Br)c(=O)c2Oc2ccc(F)cc2F)cc1. The Kier molecular flexibility index (Phi) is 6.04. The fourth-order valence-corrected chi connectivity index (χ4v) is 3.52. The topological polar surface area (TPSA) is 73.6 Å². The highest BCUT2D eigenvalue weighted by Gasteiger charge is 2.26. The number of rotatable bonds is 5. The molecule has 158 valence electrons. The standard InChI is InChI=1S/C19H11BrF4O5S/c1-30(26,27)11-5-2-9(3-6-11)16-18(15(25)14(20)17(29-16)19(23)24)28-13-7-4-10(21)8-12(13)22/h2-8,19H,1H3. The molecule has 0 unspecified atom stereocenters. The number of alkyl halides is 2. The molecule has 1 heterocycles. The molecular formula is C19H11BrF4O5S. The lowest BCUT2D eigenvalue weighted by Gasteiger charge is -2.13. The third kappa shape index (κ3) is 4.41. The van der Waals surface area contributed by atoms with Crippen molar-refractivity contribution in [3.63, 3.8) is 0 Å². The quantitative estimate of drug-likeness (QED) is 0.428. The highest BCUT2D eigenvalue weighted by Crippen LogP contribution is 2.38. The maximum Gasteiger partial charge on any atom is 0.296 e. The summed E-state index contributed by atoms with van der Waals surface area (Å²) in [7, 11) is -3.54. The van der Waals surface area contributed by atoms with Crippen molar-refractivity contribution < 1.29 is 35.1 Å². The second-order valence-electron chi connectivity index (χ2n) is 6.04. The molecule has 30 heavy (non-hydrogen) atoms. The van der Waals surface area contributed by atoms with Crippen molar-refractivity contribution in [2.24, 2.45) is 0 Å². The van der Waals surface area contributed by atoms with Gasteiger partial charge in [-0.15, -0.1) is 0 Å². The van der Waals surface area contributed by atoms with Gasteiger partial charge in [-0.2, -0.15) is 0 Å². The van der Waals surface area contributed by atoms with E-state index in [1.54, 1.807) is 0 Å². The Morgan fingerprint density at radius 3 is 2.23 bits per heavy atom. The predicted molar refractivity (Wildman–Crippen MR) is 103 cm³/mol. The lowest BCUT2D eigenvalue weighted by Crippen LogP contribution is -2.11. The maximum atomic E-state index is 14.0. The molecule has 11 heteroatoms. The zero-order valence-electron chi connectivity index (χ0n) is 15.0. The Bertz CT molecular complexity index is 1270. The highest BCUT2D eigenvalue weighted by atomic mass is 79.9. The van der Waals surface area contributed by atoms with Crippen LogP contribution < -0.4 is 10.2 Å². The monoisotopic (exact) mass is 506 g/mol. The molecule has 0 aliphatic heterocycles. The summed E-state index contributed by atoms with van der Waals surface area (Å²) in [4.78, 5) is 12.6. The van der Waals surface area contributed by atoms with Crippen LogP contribution in [-0.2, 0) is 9.84 Å². The summed E-state index contributed by atoms with van der Waals surface area (Å²) in [6, 6.07) is 7.09. The first-order chi connectivity index (χ1) is 14.0. The Labute approximate surface area is 176 Å². The van der Waals surface area contributed by atoms with Gasteiger partial charge in [0.15, 0.2) is 32.9 Å². The second kappa shape index (κ2) is 8.23. The third-order valence-corrected chi connectivity index (χ3v) is 5.77. The van der Waals surface area contributed by atoms with Crippen molar-refractivity contribution >= 4 is 25.8 Å². The average Bonchev–Trinajstić information content (AvgIpc) is 2.66. The minimum absolute atomic E-state index is 0.0198. The van der Waals surface area contributed by atoms with E-state index in [-0.39, 0.29) is 10.5 Å². The van der Waals surface area contributed by atoms with Gasteiger partial charge in [-0.1, -0.05) is 0 Å². The summed E-state index contributed by atoms with van der Waals surface area (Å²) in [5, 5.41) is 0. The van der Waals surface area contributed by atoms with Crippen molar-refractivity contribution in [3.05, 3.63) is 74.6 Å². The van der Waals surface area contributed by atoms with Gasteiger partial charge in [-0.3, -0.25) is 4.79 Å². The molecule has 0 saturated carbocycles. The van der Waals surface area contributed by atoms with E-state index in [2.05, 4.69) is 15.9 Å². The van der Waals surface area contributed by atoms with Crippen LogP contribution in [0.3, 0.4) is 0 Å². The van der Waals surface area contributed by atoms with Gasteiger partial charge in [-0.25, -0.2) is 26.0 Å². The van der Waals surface area contributed by atoms with Gasteiger partial charge in [0.25, 0.3) is 6.43 Å². The van der Waals surface area contributed by atoms with Crippen LogP contribution in [-0.4, -0.2) is 14.7 Å². The van der Waals surface area contributed by atoms with E-state index in [0.29, 0.717) is 6.07 Å². The van der Waals surface area contributed by atoms with E-state index in [0.717, 1.165) is 18.4 Å². The molecule has 0 N–H and O–H groups in total. The molecule has 0 aliphatic carbocycles. The fraction of sp³-hybridized carbons (Fsp3) is 0.105. The van der Waals surface area contributed by atoms with Crippen molar-refractivity contribution in [3.8, 4) is 22.8 Å². The first-order valence-electron chi connectivity index (χ1n) is 8.07. The van der Waals surface area contributed by atoms with E-state index in [9.17, 15) is 30.8 Å². The van der Waals surface area contributed by atoms with Gasteiger partial charge in [0.05, 0.1) is 4.90 Å². The van der Waals surface area contributed by atoms with Gasteiger partial charge in [0.1, 0.15) is 10.3 Å². The van der Waals surface area contributed by atoms with Crippen LogP contribution >= 0.6 is 15.9 Å². The Hall–Kier alpha value is -2.66. The largest absolute Gasteiger partial charge is 0.450 e. The molecule has 0 aliphatic rings. The Morgan fingerprint density at radius 2 is 1.70 bits per heavy atom. The third-order valence-electron chi connectivity index (χ3n) is 3.89. The van der Waals surface area contributed by atoms with Crippen LogP contribution in [0, 0.1) is 11.6 Å². The van der Waals surface area contributed by atoms with Crippen LogP contribution in [0.1, 0.15) is 12.2 Å². The minimum Gasteiger partial charge on any atom is -0.450 e. The van der Waals surface area contributed by atoms with E-state index in [1.165, 1.54) is 24.3 Å². The Balaban J connectivity index is 2.23. The lowest BCUT2D eigenvalue weighted by atomic mass is 10.1. The summed E-state index contributed by atoms with van der Waals surface area (Å²) in [5.41, 5.74) is -1.05. The zero-order chi connectivity index (χ0) is 22.2. The second-order valence-corrected chi connectivity index (χ2v) is 8.85. The normalized spacial score (nSPS) is 11.7. The van der Waals surface area contributed by atoms with Crippen LogP contribution in [0.4, 0.5) is 17.6 Å². The molecule has 0 spiro atoms. The predicted octanol–water partition coefficient (Wildman–Crippen LogP) is 5.48. The molecule has 0 fully saturated rings. The molecule has 0 radical (unpaired) electrons. The molecule has 0 bridgehead atoms. The molecule has 0 atom stereocenters. The van der Waals surface area contributed by atoms with Crippen LogP contribution in [0.2, 0.25) is 0 Å². The Morgan fingerprint density at radius 1 is 1.07 bits per heavy atom. The average molecular weight is 507 g/mol. The first-order valence-corrected chi connectivity index (χ1v) is 10.8. The van der Waals surface area contributed by atoms with Gasteiger partial charge in [0, 0.05) is 17.9 Å². The molecule has 2 aromatic carbocycles. The van der Waals surface area contributed by atoms with E-state index in [4.69, 9.17) is 9.15 Å². The number of halogens is 5. The number of benzene rings is 2. The fourth-order valence-electron chi connectivity index (χ4n) is 2.46. The number of ether oxygens (including phenoxy) is 1. The summed E-state index contributed by atoms with van der Waals surface area (Å²) in [5.74, 6) is -4.70. The number of hydrogen-bond donors (Lipinski definition) is 0. The van der Waals surface area contributed by atoms with E-state index in [1.807, 2.05) is 0 Å². The van der Waals surface area contributed by atoms with Crippen molar-refractivity contribution in [1.82, 2.24) is 0 Å². The summed E-state index contributed by atoms with van der Waals surface area (Å²) >= 11 is 2.72. The summed E-state index contributed by atoms with van der Waals surface area (Å²) in [6.07, 6.45) is -2.19. The first kappa shape index (κ1) is 22.0. The van der Waals surface area contributed by atoms with Crippen molar-refractivity contribution in [1.29, 1.82) is 0 Å². The number of hydrogen-bond acceptors (Lipinski definition) is 5. The maximum absolute atomic E-state index is 14.0. The van der Waals surface area contributed by atoms with Gasteiger partial charge in [0.2, 0.25) is 11.2 Å². The molecule has 0 amide bonds. The van der Waals surface area contributed by atoms with Gasteiger partial charge in [-0.05, 0) is 52.3 Å². The van der Waals surface area contributed by atoms with Gasteiger partial charge >= 0.3 is 0 Å². The lowest BCUT2D eigenvalue weighted by molar-refractivity contribution is 0.118. The number of sulfone groups is 1.